The number of carbonyl (C=O) groups excluding carboxylic acids is 1. The molecule has 0 aromatic heterocycles. The van der Waals surface area contributed by atoms with Crippen molar-refractivity contribution < 1.29 is 9.90 Å². The number of likely N-dealkylation sites (tertiary alicyclic amines) is 1. The summed E-state index contributed by atoms with van der Waals surface area (Å²) in [4.78, 5) is 13.3. The maximum absolute atomic E-state index is 11.7. The van der Waals surface area contributed by atoms with E-state index >= 15 is 0 Å². The normalized spacial score (nSPS) is 23.2. The first-order valence-corrected chi connectivity index (χ1v) is 4.81. The van der Waals surface area contributed by atoms with Crippen LogP contribution in [0.25, 0.3) is 0 Å². The zero-order valence-corrected chi connectivity index (χ0v) is 8.15. The van der Waals surface area contributed by atoms with E-state index in [0.717, 1.165) is 12.8 Å². The number of aliphatic hydroxyl groups is 1. The van der Waals surface area contributed by atoms with Crippen LogP contribution in [0, 0.1) is 12.3 Å². The number of nitrogens with two attached hydrogens (primary N) is 1. The molecule has 1 rings (SSSR count). The molecule has 2 unspecified atom stereocenters. The summed E-state index contributed by atoms with van der Waals surface area (Å²) >= 11 is 0. The summed E-state index contributed by atoms with van der Waals surface area (Å²) in [6, 6.07) is -0.682. The Morgan fingerprint density at radius 1 is 1.79 bits per heavy atom. The summed E-state index contributed by atoms with van der Waals surface area (Å²) < 4.78 is 0. The van der Waals surface area contributed by atoms with Crippen molar-refractivity contribution in [2.45, 2.75) is 31.3 Å². The Balaban J connectivity index is 2.55. The molecule has 4 heteroatoms. The lowest BCUT2D eigenvalue weighted by molar-refractivity contribution is -0.134. The average Bonchev–Trinajstić information content (AvgIpc) is 2.64. The Morgan fingerprint density at radius 3 is 3.07 bits per heavy atom. The van der Waals surface area contributed by atoms with Crippen molar-refractivity contribution in [1.82, 2.24) is 4.90 Å². The largest absolute Gasteiger partial charge is 0.394 e. The number of hydrogen-bond acceptors (Lipinski definition) is 3. The predicted octanol–water partition coefficient (Wildman–Crippen LogP) is -0.680. The van der Waals surface area contributed by atoms with Crippen molar-refractivity contribution in [1.29, 1.82) is 0 Å². The molecule has 4 nitrogen and oxygen atoms in total. The highest BCUT2D eigenvalue weighted by molar-refractivity contribution is 5.82. The molecule has 1 aliphatic rings. The number of hydrogen-bond donors (Lipinski definition) is 2. The number of terminal acetylenes is 1. The Bertz CT molecular complexity index is 247. The minimum atomic E-state index is -0.618. The lowest BCUT2D eigenvalue weighted by Crippen LogP contribution is -2.46. The lowest BCUT2D eigenvalue weighted by atomic mass is 10.2. The number of nitrogens with zero attached hydrogens (tertiary/aromatic N) is 1. The van der Waals surface area contributed by atoms with Gasteiger partial charge in [-0.3, -0.25) is 4.79 Å². The fourth-order valence-electron chi connectivity index (χ4n) is 1.74. The van der Waals surface area contributed by atoms with Crippen molar-refractivity contribution in [2.24, 2.45) is 5.73 Å². The van der Waals surface area contributed by atoms with Gasteiger partial charge in [-0.25, -0.2) is 0 Å². The summed E-state index contributed by atoms with van der Waals surface area (Å²) in [7, 11) is 0. The molecule has 0 radical (unpaired) electrons. The van der Waals surface area contributed by atoms with Crippen LogP contribution in [-0.2, 0) is 4.79 Å². The average molecular weight is 196 g/mol. The van der Waals surface area contributed by atoms with E-state index in [1.807, 2.05) is 0 Å². The van der Waals surface area contributed by atoms with Gasteiger partial charge >= 0.3 is 0 Å². The highest BCUT2D eigenvalue weighted by Crippen LogP contribution is 2.17. The first-order chi connectivity index (χ1) is 6.70. The SMILES string of the molecule is C#CCC(N)C(=O)N1CCCC1CO. The van der Waals surface area contributed by atoms with E-state index in [1.165, 1.54) is 0 Å². The van der Waals surface area contributed by atoms with Gasteiger partial charge in [-0.2, -0.15) is 0 Å². The van der Waals surface area contributed by atoms with Crippen LogP contribution in [0.3, 0.4) is 0 Å². The minimum Gasteiger partial charge on any atom is -0.394 e. The monoisotopic (exact) mass is 196 g/mol. The molecule has 0 aromatic rings. The summed E-state index contributed by atoms with van der Waals surface area (Å²) in [5, 5.41) is 9.02. The van der Waals surface area contributed by atoms with Gasteiger partial charge in [0.25, 0.3) is 0 Å². The molecular weight excluding hydrogens is 180 g/mol. The Labute approximate surface area is 84.1 Å². The second-order valence-electron chi connectivity index (χ2n) is 3.52. The van der Waals surface area contributed by atoms with Gasteiger partial charge in [-0.15, -0.1) is 12.3 Å². The smallest absolute Gasteiger partial charge is 0.240 e. The molecule has 1 amide bonds. The minimum absolute atomic E-state index is 0.00845. The standard InChI is InChI=1S/C10H16N2O2/c1-2-4-9(11)10(14)12-6-3-5-8(12)7-13/h1,8-9,13H,3-7,11H2. The topological polar surface area (TPSA) is 66.6 Å². The third kappa shape index (κ3) is 2.25. The van der Waals surface area contributed by atoms with Gasteiger partial charge in [0.2, 0.25) is 5.91 Å². The van der Waals surface area contributed by atoms with Crippen molar-refractivity contribution in [3.05, 3.63) is 0 Å². The van der Waals surface area contributed by atoms with E-state index in [9.17, 15) is 4.79 Å². The van der Waals surface area contributed by atoms with Gasteiger partial charge in [0.1, 0.15) is 0 Å². The molecule has 3 N–H and O–H groups in total. The van der Waals surface area contributed by atoms with Gasteiger partial charge in [0.05, 0.1) is 18.7 Å². The van der Waals surface area contributed by atoms with Crippen molar-refractivity contribution in [3.8, 4) is 12.3 Å². The van der Waals surface area contributed by atoms with Crippen LogP contribution in [0.2, 0.25) is 0 Å². The van der Waals surface area contributed by atoms with Crippen LogP contribution < -0.4 is 5.73 Å². The van der Waals surface area contributed by atoms with E-state index in [4.69, 9.17) is 17.3 Å². The quantitative estimate of drug-likeness (QED) is 0.588. The zero-order chi connectivity index (χ0) is 10.6. The molecule has 1 aliphatic heterocycles. The van der Waals surface area contributed by atoms with Crippen molar-refractivity contribution >= 4 is 5.91 Å². The summed E-state index contributed by atoms with van der Waals surface area (Å²) in [6.07, 6.45) is 7.12. The lowest BCUT2D eigenvalue weighted by Gasteiger charge is -2.25. The molecule has 1 saturated heterocycles. The zero-order valence-electron chi connectivity index (χ0n) is 8.15. The molecule has 0 saturated carbocycles. The third-order valence-corrected chi connectivity index (χ3v) is 2.53. The Hall–Kier alpha value is -1.05. The second-order valence-corrected chi connectivity index (χ2v) is 3.52. The Morgan fingerprint density at radius 2 is 2.50 bits per heavy atom. The van der Waals surface area contributed by atoms with Gasteiger partial charge < -0.3 is 15.7 Å². The molecular formula is C10H16N2O2. The van der Waals surface area contributed by atoms with E-state index in [2.05, 4.69) is 5.92 Å². The molecule has 0 aliphatic carbocycles. The predicted molar refractivity (Wildman–Crippen MR) is 53.2 cm³/mol. The number of rotatable bonds is 3. The van der Waals surface area contributed by atoms with Gasteiger partial charge in [-0.05, 0) is 12.8 Å². The van der Waals surface area contributed by atoms with E-state index < -0.39 is 6.04 Å². The summed E-state index contributed by atoms with van der Waals surface area (Å²) in [5.41, 5.74) is 5.61. The van der Waals surface area contributed by atoms with Crippen LogP contribution in [0.5, 0.6) is 0 Å². The fraction of sp³-hybridized carbons (Fsp3) is 0.700. The van der Waals surface area contributed by atoms with Crippen LogP contribution in [0.4, 0.5) is 0 Å². The third-order valence-electron chi connectivity index (χ3n) is 2.53. The molecule has 1 fully saturated rings. The van der Waals surface area contributed by atoms with E-state index in [0.29, 0.717) is 6.54 Å². The van der Waals surface area contributed by atoms with Gasteiger partial charge in [0.15, 0.2) is 0 Å². The maximum Gasteiger partial charge on any atom is 0.240 e. The van der Waals surface area contributed by atoms with Crippen LogP contribution in [0.1, 0.15) is 19.3 Å². The fourth-order valence-corrected chi connectivity index (χ4v) is 1.74. The highest BCUT2D eigenvalue weighted by atomic mass is 16.3. The van der Waals surface area contributed by atoms with Crippen LogP contribution >= 0.6 is 0 Å². The van der Waals surface area contributed by atoms with Gasteiger partial charge in [-0.1, -0.05) is 0 Å². The molecule has 1 heterocycles. The first-order valence-electron chi connectivity index (χ1n) is 4.81. The van der Waals surface area contributed by atoms with Crippen LogP contribution in [0.15, 0.2) is 0 Å². The van der Waals surface area contributed by atoms with Crippen molar-refractivity contribution in [3.63, 3.8) is 0 Å². The molecule has 0 aromatic carbocycles. The summed E-state index contributed by atoms with van der Waals surface area (Å²) in [6.45, 7) is 0.691. The summed E-state index contributed by atoms with van der Waals surface area (Å²) in [5.74, 6) is 2.23. The Kier molecular flexibility index (Phi) is 3.93. The van der Waals surface area contributed by atoms with Gasteiger partial charge in [0, 0.05) is 13.0 Å². The number of aliphatic hydroxyl groups excluding tert-OH is 1. The molecule has 14 heavy (non-hydrogen) atoms. The first kappa shape index (κ1) is 11.0. The molecule has 2 atom stereocenters. The number of amides is 1. The second kappa shape index (κ2) is 4.99. The molecule has 78 valence electrons. The van der Waals surface area contributed by atoms with E-state index in [1.54, 1.807) is 4.90 Å². The van der Waals surface area contributed by atoms with Crippen molar-refractivity contribution in [2.75, 3.05) is 13.2 Å². The molecule has 0 spiro atoms. The van der Waals surface area contributed by atoms with Crippen LogP contribution in [-0.4, -0.2) is 41.1 Å². The van der Waals surface area contributed by atoms with E-state index in [-0.39, 0.29) is 25.0 Å². The molecule has 0 bridgehead atoms. The number of carbonyl (C=O) groups is 1. The highest BCUT2D eigenvalue weighted by Gasteiger charge is 2.30. The maximum atomic E-state index is 11.7.